The van der Waals surface area contributed by atoms with Crippen LogP contribution in [0.3, 0.4) is 0 Å². The molecule has 0 heterocycles. The first-order chi connectivity index (χ1) is 8.50. The quantitative estimate of drug-likeness (QED) is 0.868. The Kier molecular flexibility index (Phi) is 5.88. The minimum atomic E-state index is -0.381. The third-order valence-corrected chi connectivity index (χ3v) is 2.62. The maximum absolute atomic E-state index is 11.7. The van der Waals surface area contributed by atoms with E-state index in [1.165, 1.54) is 0 Å². The Hall–Kier alpha value is -1.33. The number of benzene rings is 1. The lowest BCUT2D eigenvalue weighted by molar-refractivity contribution is -0.119. The summed E-state index contributed by atoms with van der Waals surface area (Å²) in [5.41, 5.74) is 0.344. The van der Waals surface area contributed by atoms with Crippen molar-refractivity contribution in [3.05, 3.63) is 45.9 Å². The predicted molar refractivity (Wildman–Crippen MR) is 74.9 cm³/mol. The number of amides is 2. The fourth-order valence-corrected chi connectivity index (χ4v) is 1.52. The van der Waals surface area contributed by atoms with E-state index in [0.29, 0.717) is 21.6 Å². The van der Waals surface area contributed by atoms with Crippen LogP contribution in [0.1, 0.15) is 10.4 Å². The summed E-state index contributed by atoms with van der Waals surface area (Å²) in [5.74, 6) is -0.676. The van der Waals surface area contributed by atoms with Gasteiger partial charge in [-0.05, 0) is 12.1 Å². The van der Waals surface area contributed by atoms with E-state index in [9.17, 15) is 9.59 Å². The molecule has 96 valence electrons. The molecule has 2 amide bonds. The molecule has 0 saturated heterocycles. The molecule has 0 bridgehead atoms. The van der Waals surface area contributed by atoms with E-state index in [1.54, 1.807) is 24.3 Å². The van der Waals surface area contributed by atoms with E-state index >= 15 is 0 Å². The van der Waals surface area contributed by atoms with Crippen LogP contribution in [-0.4, -0.2) is 24.9 Å². The summed E-state index contributed by atoms with van der Waals surface area (Å²) < 4.78 is 0.660. The van der Waals surface area contributed by atoms with Gasteiger partial charge >= 0.3 is 0 Å². The van der Waals surface area contributed by atoms with Gasteiger partial charge in [-0.15, -0.1) is 0 Å². The van der Waals surface area contributed by atoms with Crippen LogP contribution in [0.5, 0.6) is 0 Å². The van der Waals surface area contributed by atoms with Gasteiger partial charge in [0.1, 0.15) is 0 Å². The number of hydrogen-bond acceptors (Lipinski definition) is 2. The molecule has 0 aromatic heterocycles. The first-order valence-corrected chi connectivity index (χ1v) is 6.30. The van der Waals surface area contributed by atoms with Crippen LogP contribution in [0.15, 0.2) is 35.3 Å². The Morgan fingerprint density at radius 2 is 1.89 bits per heavy atom. The standard InChI is InChI=1S/C12H12BrClN2O2/c1-8(13)6-15-11(17)7-16-12(18)9-4-2-3-5-10(9)14/h2-5H,1,6-7H2,(H,15,17)(H,16,18). The molecule has 0 fully saturated rings. The third-order valence-electron chi connectivity index (χ3n) is 2.01. The number of halogens is 2. The van der Waals surface area contributed by atoms with E-state index in [-0.39, 0.29) is 18.4 Å². The highest BCUT2D eigenvalue weighted by Gasteiger charge is 2.10. The van der Waals surface area contributed by atoms with Crippen molar-refractivity contribution in [2.75, 3.05) is 13.1 Å². The zero-order valence-electron chi connectivity index (χ0n) is 9.50. The van der Waals surface area contributed by atoms with Crippen LogP contribution < -0.4 is 10.6 Å². The SMILES string of the molecule is C=C(Br)CNC(=O)CNC(=O)c1ccccc1Cl. The largest absolute Gasteiger partial charge is 0.350 e. The molecular formula is C12H12BrClN2O2. The monoisotopic (exact) mass is 330 g/mol. The Morgan fingerprint density at radius 1 is 1.22 bits per heavy atom. The van der Waals surface area contributed by atoms with Gasteiger partial charge in [-0.25, -0.2) is 0 Å². The Bertz CT molecular complexity index is 477. The first kappa shape index (κ1) is 14.7. The lowest BCUT2D eigenvalue weighted by atomic mass is 10.2. The minimum absolute atomic E-state index is 0.107. The smallest absolute Gasteiger partial charge is 0.253 e. The lowest BCUT2D eigenvalue weighted by Gasteiger charge is -2.07. The van der Waals surface area contributed by atoms with Crippen molar-refractivity contribution < 1.29 is 9.59 Å². The van der Waals surface area contributed by atoms with Crippen molar-refractivity contribution in [3.63, 3.8) is 0 Å². The molecule has 0 aliphatic heterocycles. The predicted octanol–water partition coefficient (Wildman–Crippen LogP) is 2.09. The van der Waals surface area contributed by atoms with Crippen LogP contribution in [0, 0.1) is 0 Å². The molecule has 4 nitrogen and oxygen atoms in total. The van der Waals surface area contributed by atoms with E-state index in [1.807, 2.05) is 0 Å². The van der Waals surface area contributed by atoms with Crippen LogP contribution in [0.4, 0.5) is 0 Å². The molecule has 6 heteroatoms. The Balaban J connectivity index is 2.45. The summed E-state index contributed by atoms with van der Waals surface area (Å²) in [5, 5.41) is 5.40. The minimum Gasteiger partial charge on any atom is -0.350 e. The van der Waals surface area contributed by atoms with Crippen LogP contribution in [0.2, 0.25) is 5.02 Å². The van der Waals surface area contributed by atoms with Crippen LogP contribution in [0.25, 0.3) is 0 Å². The zero-order chi connectivity index (χ0) is 13.5. The van der Waals surface area contributed by atoms with Gasteiger partial charge in [0.2, 0.25) is 5.91 Å². The molecule has 0 saturated carbocycles. The number of carbonyl (C=O) groups excluding carboxylic acids is 2. The molecule has 0 radical (unpaired) electrons. The van der Waals surface area contributed by atoms with Crippen molar-refractivity contribution in [3.8, 4) is 0 Å². The number of rotatable bonds is 5. The van der Waals surface area contributed by atoms with Gasteiger partial charge in [0.05, 0.1) is 17.1 Å². The molecule has 1 aromatic rings. The van der Waals surface area contributed by atoms with Gasteiger partial charge in [-0.1, -0.05) is 46.2 Å². The topological polar surface area (TPSA) is 58.2 Å². The second-order valence-corrected chi connectivity index (χ2v) is 4.99. The van der Waals surface area contributed by atoms with Crippen molar-refractivity contribution in [2.45, 2.75) is 0 Å². The molecule has 0 atom stereocenters. The molecule has 0 spiro atoms. The van der Waals surface area contributed by atoms with Crippen molar-refractivity contribution in [2.24, 2.45) is 0 Å². The number of carbonyl (C=O) groups is 2. The molecule has 0 aliphatic rings. The fraction of sp³-hybridized carbons (Fsp3) is 0.167. The van der Waals surface area contributed by atoms with Crippen molar-refractivity contribution in [1.82, 2.24) is 10.6 Å². The van der Waals surface area contributed by atoms with Gasteiger partial charge in [0.15, 0.2) is 0 Å². The highest BCUT2D eigenvalue weighted by molar-refractivity contribution is 9.11. The Morgan fingerprint density at radius 3 is 2.50 bits per heavy atom. The highest BCUT2D eigenvalue weighted by Crippen LogP contribution is 2.14. The zero-order valence-corrected chi connectivity index (χ0v) is 11.8. The van der Waals surface area contributed by atoms with E-state index in [2.05, 4.69) is 33.1 Å². The molecule has 2 N–H and O–H groups in total. The third kappa shape index (κ3) is 4.89. The maximum Gasteiger partial charge on any atom is 0.253 e. The Labute approximate surface area is 119 Å². The van der Waals surface area contributed by atoms with Gasteiger partial charge in [-0.3, -0.25) is 9.59 Å². The van der Waals surface area contributed by atoms with Crippen molar-refractivity contribution in [1.29, 1.82) is 0 Å². The molecular weight excluding hydrogens is 320 g/mol. The highest BCUT2D eigenvalue weighted by atomic mass is 79.9. The summed E-state index contributed by atoms with van der Waals surface area (Å²) in [6, 6.07) is 6.64. The fourth-order valence-electron chi connectivity index (χ4n) is 1.16. The van der Waals surface area contributed by atoms with Crippen LogP contribution >= 0.6 is 27.5 Å². The normalized spacial score (nSPS) is 9.67. The second kappa shape index (κ2) is 7.18. The average molecular weight is 332 g/mol. The molecule has 0 aliphatic carbocycles. The molecule has 0 unspecified atom stereocenters. The summed E-state index contributed by atoms with van der Waals surface area (Å²) in [6.45, 7) is 3.79. The van der Waals surface area contributed by atoms with Gasteiger partial charge in [0, 0.05) is 11.0 Å². The number of hydrogen-bond donors (Lipinski definition) is 2. The van der Waals surface area contributed by atoms with E-state index in [0.717, 1.165) is 0 Å². The van der Waals surface area contributed by atoms with Crippen molar-refractivity contribution >= 4 is 39.3 Å². The molecule has 1 rings (SSSR count). The summed E-state index contributed by atoms with van der Waals surface area (Å²) in [6.07, 6.45) is 0. The first-order valence-electron chi connectivity index (χ1n) is 5.13. The molecule has 18 heavy (non-hydrogen) atoms. The lowest BCUT2D eigenvalue weighted by Crippen LogP contribution is -2.37. The second-order valence-electron chi connectivity index (χ2n) is 3.46. The van der Waals surface area contributed by atoms with Gasteiger partial charge in [0.25, 0.3) is 5.91 Å². The summed E-state index contributed by atoms with van der Waals surface area (Å²) >= 11 is 8.97. The van der Waals surface area contributed by atoms with E-state index in [4.69, 9.17) is 11.6 Å². The maximum atomic E-state index is 11.7. The van der Waals surface area contributed by atoms with Crippen LogP contribution in [-0.2, 0) is 4.79 Å². The summed E-state index contributed by atoms with van der Waals surface area (Å²) in [7, 11) is 0. The van der Waals surface area contributed by atoms with Gasteiger partial charge < -0.3 is 10.6 Å². The van der Waals surface area contributed by atoms with E-state index < -0.39 is 0 Å². The average Bonchev–Trinajstić information content (AvgIpc) is 2.34. The molecule has 1 aromatic carbocycles. The van der Waals surface area contributed by atoms with Gasteiger partial charge in [-0.2, -0.15) is 0 Å². The summed E-state index contributed by atoms with van der Waals surface area (Å²) in [4.78, 5) is 23.1. The number of nitrogens with one attached hydrogen (secondary N) is 2.